The molecule has 41 heavy (non-hydrogen) atoms. The molecule has 0 aliphatic carbocycles. The molecule has 3 atom stereocenters. The lowest BCUT2D eigenvalue weighted by molar-refractivity contribution is -0.0374. The molecule has 1 saturated heterocycles. The lowest BCUT2D eigenvalue weighted by Crippen LogP contribution is -2.47. The van der Waals surface area contributed by atoms with E-state index in [0.717, 1.165) is 30.0 Å². The van der Waals surface area contributed by atoms with E-state index in [4.69, 9.17) is 9.47 Å². The Morgan fingerprint density at radius 3 is 2.56 bits per heavy atom. The number of methoxy groups -OCH3 is 1. The van der Waals surface area contributed by atoms with Gasteiger partial charge in [0.15, 0.2) is 0 Å². The number of alkyl halides is 3. The number of halogens is 5. The summed E-state index contributed by atoms with van der Waals surface area (Å²) in [5, 5.41) is 0.742. The van der Waals surface area contributed by atoms with Gasteiger partial charge < -0.3 is 14.5 Å². The summed E-state index contributed by atoms with van der Waals surface area (Å²) in [6, 6.07) is 5.47. The van der Waals surface area contributed by atoms with Crippen LogP contribution in [0, 0.1) is 11.6 Å². The van der Waals surface area contributed by atoms with Crippen LogP contribution in [0.5, 0.6) is 5.75 Å². The molecule has 5 rings (SSSR count). The van der Waals surface area contributed by atoms with Gasteiger partial charge in [-0.3, -0.25) is 14.2 Å². The van der Waals surface area contributed by atoms with E-state index < -0.39 is 48.8 Å². The largest absolute Gasteiger partial charge is 0.489 e. The fraction of sp³-hybridized carbons (Fsp3) is 0.500. The summed E-state index contributed by atoms with van der Waals surface area (Å²) in [6.45, 7) is 3.22. The Bertz CT molecular complexity index is 1400. The maximum absolute atomic E-state index is 15.8. The van der Waals surface area contributed by atoms with Crippen LogP contribution in [0.1, 0.15) is 59.9 Å². The normalized spacial score (nSPS) is 21.8. The molecule has 222 valence electrons. The first kappa shape index (κ1) is 29.3. The van der Waals surface area contributed by atoms with Gasteiger partial charge in [0.2, 0.25) is 0 Å². The van der Waals surface area contributed by atoms with E-state index in [1.54, 1.807) is 25.1 Å². The van der Waals surface area contributed by atoms with Crippen LogP contribution in [0.25, 0.3) is 10.9 Å². The summed E-state index contributed by atoms with van der Waals surface area (Å²) < 4.78 is 83.7. The third-order valence-corrected chi connectivity index (χ3v) is 7.96. The minimum Gasteiger partial charge on any atom is -0.489 e. The highest BCUT2D eigenvalue weighted by Gasteiger charge is 2.42. The zero-order valence-corrected chi connectivity index (χ0v) is 23.3. The Morgan fingerprint density at radius 1 is 1.17 bits per heavy atom. The van der Waals surface area contributed by atoms with Gasteiger partial charge in [-0.2, -0.15) is 0 Å². The predicted molar refractivity (Wildman–Crippen MR) is 144 cm³/mol. The number of nitrogens with zero attached hydrogens (tertiary/aromatic N) is 2. The second-order valence-corrected chi connectivity index (χ2v) is 11.1. The monoisotopic (exact) mass is 579 g/mol. The average molecular weight is 580 g/mol. The molecule has 2 aliphatic heterocycles. The molecule has 2 aromatic carbocycles. The van der Waals surface area contributed by atoms with Crippen molar-refractivity contribution in [2.75, 3.05) is 40.0 Å². The quantitative estimate of drug-likeness (QED) is 0.248. The van der Waals surface area contributed by atoms with Gasteiger partial charge in [-0.05, 0) is 43.9 Å². The molecule has 1 fully saturated rings. The van der Waals surface area contributed by atoms with Crippen molar-refractivity contribution < 1.29 is 36.2 Å². The van der Waals surface area contributed by atoms with Crippen LogP contribution < -0.4 is 4.74 Å². The number of carbonyl (C=O) groups excluding carboxylic acids is 1. The van der Waals surface area contributed by atoms with Crippen molar-refractivity contribution in [3.63, 3.8) is 0 Å². The van der Waals surface area contributed by atoms with Crippen molar-refractivity contribution in [3.8, 4) is 5.75 Å². The van der Waals surface area contributed by atoms with E-state index in [1.807, 2.05) is 4.90 Å². The minimum absolute atomic E-state index is 0.0110. The van der Waals surface area contributed by atoms with E-state index in [9.17, 15) is 18.0 Å². The molecule has 1 aromatic heterocycles. The third-order valence-electron chi connectivity index (χ3n) is 7.96. The zero-order valence-electron chi connectivity index (χ0n) is 23.3. The number of benzene rings is 2. The summed E-state index contributed by atoms with van der Waals surface area (Å²) >= 11 is 0. The Kier molecular flexibility index (Phi) is 8.29. The van der Waals surface area contributed by atoms with Gasteiger partial charge in [-0.1, -0.05) is 6.07 Å². The molecule has 0 spiro atoms. The molecule has 0 bridgehead atoms. The van der Waals surface area contributed by atoms with E-state index >= 15 is 8.78 Å². The smallest absolute Gasteiger partial charge is 0.337 e. The Labute approximate surface area is 235 Å². The second kappa shape index (κ2) is 11.6. The number of rotatable bonds is 9. The van der Waals surface area contributed by atoms with Crippen molar-refractivity contribution >= 4 is 16.9 Å². The molecule has 11 heteroatoms. The fourth-order valence-corrected chi connectivity index (χ4v) is 6.15. The predicted octanol–water partition coefficient (Wildman–Crippen LogP) is 6.04. The van der Waals surface area contributed by atoms with Crippen molar-refractivity contribution in [2.45, 2.75) is 57.2 Å². The minimum atomic E-state index is -3.12. The Balaban J connectivity index is 1.53. The van der Waals surface area contributed by atoms with Crippen LogP contribution in [0.15, 0.2) is 30.3 Å². The van der Waals surface area contributed by atoms with Gasteiger partial charge in [0.05, 0.1) is 31.9 Å². The van der Waals surface area contributed by atoms with Crippen molar-refractivity contribution in [1.82, 2.24) is 14.8 Å². The van der Waals surface area contributed by atoms with E-state index in [1.165, 1.54) is 12.0 Å². The number of fused-ring (bicyclic) bond motifs is 3. The fourth-order valence-electron chi connectivity index (χ4n) is 6.15. The molecular weight excluding hydrogens is 545 g/mol. The number of nitrogens with one attached hydrogen (secondary N) is 1. The number of ether oxygens (including phenoxy) is 2. The van der Waals surface area contributed by atoms with Crippen LogP contribution >= 0.6 is 0 Å². The first-order valence-electron chi connectivity index (χ1n) is 13.8. The van der Waals surface area contributed by atoms with Gasteiger partial charge in [-0.15, -0.1) is 0 Å². The highest BCUT2D eigenvalue weighted by atomic mass is 19.3. The van der Waals surface area contributed by atoms with E-state index in [0.29, 0.717) is 50.1 Å². The number of aromatic amines is 1. The van der Waals surface area contributed by atoms with Crippen LogP contribution in [0.3, 0.4) is 0 Å². The van der Waals surface area contributed by atoms with Crippen LogP contribution in [0.2, 0.25) is 0 Å². The standard InChI is InChI=1S/C30H34F5N3O3/c1-17-11-22-21-6-5-18(29(39)40-3)12-25(21)36-27(22)28(38(17)16-30(2,34)35)26-23(32)13-20(14-24(26)33)41-19-7-10-37(15-19)9-4-8-31/h5-6,12-14,17,19,28,36H,4,7-11,15-16H2,1-3H3/t17-,19+,28-/m1/s1. The number of H-pyrrole nitrogens is 1. The van der Waals surface area contributed by atoms with Gasteiger partial charge in [-0.25, -0.2) is 22.4 Å². The Morgan fingerprint density at radius 2 is 1.90 bits per heavy atom. The molecule has 1 N–H and O–H groups in total. The first-order valence-corrected chi connectivity index (χ1v) is 13.8. The maximum atomic E-state index is 15.8. The first-order chi connectivity index (χ1) is 19.5. The summed E-state index contributed by atoms with van der Waals surface area (Å²) in [5.74, 6) is -5.47. The second-order valence-electron chi connectivity index (χ2n) is 11.1. The molecule has 3 heterocycles. The van der Waals surface area contributed by atoms with E-state index in [-0.39, 0.29) is 23.0 Å². The highest BCUT2D eigenvalue weighted by Crippen LogP contribution is 2.44. The number of esters is 1. The molecule has 0 unspecified atom stereocenters. The lowest BCUT2D eigenvalue weighted by atomic mass is 9.87. The van der Waals surface area contributed by atoms with E-state index in [2.05, 4.69) is 4.98 Å². The average Bonchev–Trinajstić information content (AvgIpc) is 3.51. The van der Waals surface area contributed by atoms with Gasteiger partial charge >= 0.3 is 5.97 Å². The molecule has 0 saturated carbocycles. The topological polar surface area (TPSA) is 57.8 Å². The SMILES string of the molecule is COC(=O)c1ccc2c3c([nH]c2c1)[C@@H](c1c(F)cc(O[C@H]2CCN(CCCF)C2)cc1F)N(CC(C)(F)F)[C@H](C)C3. The molecule has 6 nitrogen and oxygen atoms in total. The third kappa shape index (κ3) is 6.06. The van der Waals surface area contributed by atoms with Crippen molar-refractivity contribution in [2.24, 2.45) is 0 Å². The molecule has 0 radical (unpaired) electrons. The van der Waals surface area contributed by atoms with Crippen LogP contribution in [0.4, 0.5) is 22.0 Å². The van der Waals surface area contributed by atoms with Crippen molar-refractivity contribution in [1.29, 1.82) is 0 Å². The number of aromatic nitrogens is 1. The summed E-state index contributed by atoms with van der Waals surface area (Å²) in [7, 11) is 1.27. The van der Waals surface area contributed by atoms with Gasteiger partial charge in [0.25, 0.3) is 5.92 Å². The number of hydrogen-bond donors (Lipinski definition) is 1. The number of carbonyl (C=O) groups is 1. The molecule has 0 amide bonds. The summed E-state index contributed by atoms with van der Waals surface area (Å²) in [6.07, 6.45) is 1.12. The highest BCUT2D eigenvalue weighted by molar-refractivity contribution is 5.96. The summed E-state index contributed by atoms with van der Waals surface area (Å²) in [5.41, 5.74) is 1.62. The lowest BCUT2D eigenvalue weighted by Gasteiger charge is -2.42. The molecule has 2 aliphatic rings. The van der Waals surface area contributed by atoms with Crippen LogP contribution in [-0.4, -0.2) is 78.8 Å². The number of likely N-dealkylation sites (tertiary alicyclic amines) is 1. The zero-order chi connectivity index (χ0) is 29.5. The van der Waals surface area contributed by atoms with Gasteiger partial charge in [0, 0.05) is 66.9 Å². The number of hydrogen-bond acceptors (Lipinski definition) is 5. The summed E-state index contributed by atoms with van der Waals surface area (Å²) in [4.78, 5) is 18.7. The van der Waals surface area contributed by atoms with Gasteiger partial charge in [0.1, 0.15) is 23.5 Å². The molecular formula is C30H34F5N3O3. The van der Waals surface area contributed by atoms with Crippen LogP contribution in [-0.2, 0) is 11.2 Å². The molecule has 3 aromatic rings. The maximum Gasteiger partial charge on any atom is 0.337 e. The Hall–Kier alpha value is -3.18. The van der Waals surface area contributed by atoms with Crippen molar-refractivity contribution in [3.05, 3.63) is 64.4 Å².